The van der Waals surface area contributed by atoms with E-state index in [9.17, 15) is 4.39 Å². The molecule has 0 spiro atoms. The number of hydrogen-bond acceptors (Lipinski definition) is 3. The van der Waals surface area contributed by atoms with Crippen LogP contribution >= 0.6 is 23.8 Å². The third kappa shape index (κ3) is 4.45. The average Bonchev–Trinajstić information content (AvgIpc) is 3.14. The highest BCUT2D eigenvalue weighted by atomic mass is 35.5. The SMILES string of the molecule is Cc1nn(C)c(C)c1CNC(=S)Nc1ccn(Cc2c(F)cccc2Cl)n1. The molecule has 142 valence electrons. The summed E-state index contributed by atoms with van der Waals surface area (Å²) in [6.45, 7) is 4.79. The second-order valence-corrected chi connectivity index (χ2v) is 6.99. The first-order valence-electron chi connectivity index (χ1n) is 8.35. The quantitative estimate of drug-likeness (QED) is 0.634. The lowest BCUT2D eigenvalue weighted by Gasteiger charge is -2.09. The summed E-state index contributed by atoms with van der Waals surface area (Å²) in [6.07, 6.45) is 1.74. The van der Waals surface area contributed by atoms with Crippen molar-refractivity contribution in [1.82, 2.24) is 24.9 Å². The van der Waals surface area contributed by atoms with Crippen molar-refractivity contribution in [1.29, 1.82) is 0 Å². The molecule has 0 amide bonds. The fraction of sp³-hybridized carbons (Fsp3) is 0.278. The van der Waals surface area contributed by atoms with E-state index >= 15 is 0 Å². The molecule has 9 heteroatoms. The Kier molecular flexibility index (Phi) is 5.76. The summed E-state index contributed by atoms with van der Waals surface area (Å²) in [5, 5.41) is 15.8. The van der Waals surface area contributed by atoms with E-state index in [1.807, 2.05) is 25.6 Å². The smallest absolute Gasteiger partial charge is 0.172 e. The molecule has 2 N–H and O–H groups in total. The molecule has 2 heterocycles. The Hall–Kier alpha value is -2.45. The topological polar surface area (TPSA) is 59.7 Å². The standard InChI is InChI=1S/C18H20ClFN6S/c1-11-13(12(2)25(3)23-11)9-21-18(27)22-17-7-8-26(24-17)10-14-15(19)5-4-6-16(14)20/h4-8H,9-10H2,1-3H3,(H2,21,22,24,27). The van der Waals surface area contributed by atoms with Gasteiger partial charge in [0, 0.05) is 47.7 Å². The van der Waals surface area contributed by atoms with Gasteiger partial charge in [0.15, 0.2) is 10.9 Å². The molecule has 2 aromatic heterocycles. The Balaban J connectivity index is 1.59. The van der Waals surface area contributed by atoms with Gasteiger partial charge in [-0.3, -0.25) is 9.36 Å². The Morgan fingerprint density at radius 3 is 2.67 bits per heavy atom. The molecular weight excluding hydrogens is 387 g/mol. The van der Waals surface area contributed by atoms with Crippen LogP contribution in [0, 0.1) is 19.7 Å². The lowest BCUT2D eigenvalue weighted by Crippen LogP contribution is -2.28. The van der Waals surface area contributed by atoms with Crippen molar-refractivity contribution in [3.8, 4) is 0 Å². The van der Waals surface area contributed by atoms with Crippen molar-refractivity contribution in [3.63, 3.8) is 0 Å². The largest absolute Gasteiger partial charge is 0.358 e. The van der Waals surface area contributed by atoms with Crippen molar-refractivity contribution >= 4 is 34.7 Å². The van der Waals surface area contributed by atoms with E-state index in [0.717, 1.165) is 17.0 Å². The lowest BCUT2D eigenvalue weighted by molar-refractivity contribution is 0.586. The van der Waals surface area contributed by atoms with E-state index in [0.29, 0.717) is 28.1 Å². The number of anilines is 1. The van der Waals surface area contributed by atoms with Gasteiger partial charge in [0.05, 0.1) is 12.2 Å². The molecule has 6 nitrogen and oxygen atoms in total. The first-order chi connectivity index (χ1) is 12.8. The van der Waals surface area contributed by atoms with Gasteiger partial charge in [-0.05, 0) is 38.2 Å². The lowest BCUT2D eigenvalue weighted by atomic mass is 10.2. The summed E-state index contributed by atoms with van der Waals surface area (Å²) in [5.74, 6) is 0.214. The van der Waals surface area contributed by atoms with Crippen LogP contribution in [-0.2, 0) is 20.1 Å². The van der Waals surface area contributed by atoms with Crippen molar-refractivity contribution < 1.29 is 4.39 Å². The predicted molar refractivity (Wildman–Crippen MR) is 108 cm³/mol. The van der Waals surface area contributed by atoms with Gasteiger partial charge in [-0.25, -0.2) is 4.39 Å². The van der Waals surface area contributed by atoms with Crippen molar-refractivity contribution in [2.75, 3.05) is 5.32 Å². The third-order valence-electron chi connectivity index (χ3n) is 4.35. The predicted octanol–water partition coefficient (Wildman–Crippen LogP) is 3.56. The van der Waals surface area contributed by atoms with Crippen LogP contribution in [0.2, 0.25) is 5.02 Å². The normalized spacial score (nSPS) is 10.9. The zero-order valence-electron chi connectivity index (χ0n) is 15.3. The van der Waals surface area contributed by atoms with Gasteiger partial charge in [-0.15, -0.1) is 0 Å². The number of nitrogens with one attached hydrogen (secondary N) is 2. The Bertz CT molecular complexity index is 960. The monoisotopic (exact) mass is 406 g/mol. The van der Waals surface area contributed by atoms with Crippen LogP contribution < -0.4 is 10.6 Å². The minimum Gasteiger partial charge on any atom is -0.358 e. The third-order valence-corrected chi connectivity index (χ3v) is 4.95. The van der Waals surface area contributed by atoms with Crippen LogP contribution in [-0.4, -0.2) is 24.7 Å². The number of aromatic nitrogens is 4. The summed E-state index contributed by atoms with van der Waals surface area (Å²) in [4.78, 5) is 0. The molecule has 0 aliphatic heterocycles. The van der Waals surface area contributed by atoms with E-state index in [-0.39, 0.29) is 12.4 Å². The molecule has 0 aliphatic rings. The fourth-order valence-electron chi connectivity index (χ4n) is 2.76. The molecule has 0 unspecified atom stereocenters. The summed E-state index contributed by atoms with van der Waals surface area (Å²) < 4.78 is 17.4. The number of aryl methyl sites for hydroxylation is 2. The average molecular weight is 407 g/mol. The van der Waals surface area contributed by atoms with Gasteiger partial charge in [-0.2, -0.15) is 10.2 Å². The van der Waals surface area contributed by atoms with E-state index in [1.165, 1.54) is 6.07 Å². The highest BCUT2D eigenvalue weighted by Crippen LogP contribution is 2.20. The maximum atomic E-state index is 13.9. The minimum atomic E-state index is -0.355. The Morgan fingerprint density at radius 1 is 1.22 bits per heavy atom. The van der Waals surface area contributed by atoms with Crippen LogP contribution in [0.4, 0.5) is 10.2 Å². The van der Waals surface area contributed by atoms with E-state index in [4.69, 9.17) is 23.8 Å². The zero-order chi connectivity index (χ0) is 19.6. The number of halogens is 2. The number of nitrogens with zero attached hydrogens (tertiary/aromatic N) is 4. The maximum Gasteiger partial charge on any atom is 0.172 e. The molecule has 0 aliphatic carbocycles. The second-order valence-electron chi connectivity index (χ2n) is 6.18. The molecule has 0 saturated heterocycles. The van der Waals surface area contributed by atoms with Gasteiger partial charge in [0.2, 0.25) is 0 Å². The first kappa shape index (κ1) is 19.3. The Labute approximate surface area is 167 Å². The molecule has 27 heavy (non-hydrogen) atoms. The number of benzene rings is 1. The summed E-state index contributed by atoms with van der Waals surface area (Å²) >= 11 is 11.4. The van der Waals surface area contributed by atoms with Gasteiger partial charge >= 0.3 is 0 Å². The van der Waals surface area contributed by atoms with E-state index in [1.54, 1.807) is 29.1 Å². The highest BCUT2D eigenvalue weighted by Gasteiger charge is 2.11. The molecule has 0 atom stereocenters. The molecule has 0 fully saturated rings. The molecule has 1 aromatic carbocycles. The van der Waals surface area contributed by atoms with Crippen LogP contribution in [0.25, 0.3) is 0 Å². The number of rotatable bonds is 5. The molecule has 0 saturated carbocycles. The first-order valence-corrected chi connectivity index (χ1v) is 9.14. The van der Waals surface area contributed by atoms with E-state index < -0.39 is 0 Å². The second kappa shape index (κ2) is 8.06. The van der Waals surface area contributed by atoms with Crippen molar-refractivity contribution in [2.45, 2.75) is 26.9 Å². The van der Waals surface area contributed by atoms with Crippen LogP contribution in [0.1, 0.15) is 22.5 Å². The molecular formula is C18H20ClFN6S. The summed E-state index contributed by atoms with van der Waals surface area (Å²) in [6, 6.07) is 6.38. The zero-order valence-corrected chi connectivity index (χ0v) is 16.8. The van der Waals surface area contributed by atoms with Crippen LogP contribution in [0.5, 0.6) is 0 Å². The van der Waals surface area contributed by atoms with Crippen molar-refractivity contribution in [3.05, 3.63) is 63.8 Å². The van der Waals surface area contributed by atoms with Gasteiger partial charge in [0.1, 0.15) is 5.82 Å². The fourth-order valence-corrected chi connectivity index (χ4v) is 3.16. The Morgan fingerprint density at radius 2 is 2.00 bits per heavy atom. The molecule has 3 aromatic rings. The maximum absolute atomic E-state index is 13.9. The minimum absolute atomic E-state index is 0.238. The summed E-state index contributed by atoms with van der Waals surface area (Å²) in [7, 11) is 1.91. The molecule has 0 radical (unpaired) electrons. The van der Waals surface area contributed by atoms with Crippen LogP contribution in [0.15, 0.2) is 30.5 Å². The molecule has 3 rings (SSSR count). The van der Waals surface area contributed by atoms with Crippen LogP contribution in [0.3, 0.4) is 0 Å². The highest BCUT2D eigenvalue weighted by molar-refractivity contribution is 7.80. The van der Waals surface area contributed by atoms with Gasteiger partial charge < -0.3 is 10.6 Å². The summed E-state index contributed by atoms with van der Waals surface area (Å²) in [5.41, 5.74) is 3.57. The van der Waals surface area contributed by atoms with Gasteiger partial charge in [-0.1, -0.05) is 17.7 Å². The van der Waals surface area contributed by atoms with Gasteiger partial charge in [0.25, 0.3) is 0 Å². The van der Waals surface area contributed by atoms with Crippen molar-refractivity contribution in [2.24, 2.45) is 7.05 Å². The number of hydrogen-bond donors (Lipinski definition) is 2. The molecule has 0 bridgehead atoms. The number of thiocarbonyl (C=S) groups is 1. The van der Waals surface area contributed by atoms with E-state index in [2.05, 4.69) is 20.8 Å².